The zero-order valence-electron chi connectivity index (χ0n) is 10.7. The van der Waals surface area contributed by atoms with E-state index in [-0.39, 0.29) is 0 Å². The number of hydrogen-bond acceptors (Lipinski definition) is 4. The zero-order chi connectivity index (χ0) is 12.8. The van der Waals surface area contributed by atoms with Crippen LogP contribution in [0.4, 0.5) is 0 Å². The van der Waals surface area contributed by atoms with Gasteiger partial charge in [-0.2, -0.15) is 0 Å². The highest BCUT2D eigenvalue weighted by atomic mass is 32.1. The minimum atomic E-state index is 0.379. The maximum absolute atomic E-state index is 5.61. The predicted octanol–water partition coefficient (Wildman–Crippen LogP) is 3.18. The Balaban J connectivity index is 1.68. The second-order valence-electron chi connectivity index (χ2n) is 4.17. The summed E-state index contributed by atoms with van der Waals surface area (Å²) in [4.78, 5) is 5.54. The molecule has 1 unspecified atom stereocenters. The molecule has 0 aliphatic heterocycles. The van der Waals surface area contributed by atoms with Gasteiger partial charge in [-0.1, -0.05) is 6.07 Å². The molecule has 96 valence electrons. The summed E-state index contributed by atoms with van der Waals surface area (Å²) in [5.41, 5.74) is 1.01. The number of aryl methyl sites for hydroxylation is 1. The topological polar surface area (TPSA) is 34.1 Å². The van der Waals surface area contributed by atoms with Crippen LogP contribution in [-0.4, -0.2) is 18.1 Å². The third-order valence-corrected chi connectivity index (χ3v) is 3.73. The normalized spacial score (nSPS) is 12.3. The summed E-state index contributed by atoms with van der Waals surface area (Å²) in [7, 11) is 0. The third-order valence-electron chi connectivity index (χ3n) is 2.68. The highest BCUT2D eigenvalue weighted by Crippen LogP contribution is 2.17. The van der Waals surface area contributed by atoms with E-state index in [2.05, 4.69) is 34.7 Å². The highest BCUT2D eigenvalue weighted by molar-refractivity contribution is 7.10. The van der Waals surface area contributed by atoms with Gasteiger partial charge in [-0.05, 0) is 37.4 Å². The van der Waals surface area contributed by atoms with Gasteiger partial charge in [0.2, 0.25) is 0 Å². The molecule has 1 N–H and O–H groups in total. The second kappa shape index (κ2) is 6.52. The molecule has 2 aromatic heterocycles. The van der Waals surface area contributed by atoms with Gasteiger partial charge in [0.15, 0.2) is 0 Å². The molecule has 2 heterocycles. The summed E-state index contributed by atoms with van der Waals surface area (Å²) in [6, 6.07) is 8.51. The number of nitrogens with zero attached hydrogens (tertiary/aromatic N) is 1. The van der Waals surface area contributed by atoms with Gasteiger partial charge in [-0.25, -0.2) is 0 Å². The molecule has 2 aromatic rings. The van der Waals surface area contributed by atoms with E-state index < -0.39 is 0 Å². The molecule has 0 fully saturated rings. The Morgan fingerprint density at radius 3 is 2.94 bits per heavy atom. The molecule has 0 aliphatic carbocycles. The number of nitrogens with one attached hydrogen (secondary N) is 1. The van der Waals surface area contributed by atoms with Crippen molar-refractivity contribution in [2.45, 2.75) is 19.9 Å². The van der Waals surface area contributed by atoms with Gasteiger partial charge in [0.25, 0.3) is 0 Å². The van der Waals surface area contributed by atoms with Gasteiger partial charge >= 0.3 is 0 Å². The number of hydrogen-bond donors (Lipinski definition) is 1. The molecule has 0 bridgehead atoms. The SMILES string of the molecule is Cc1ccc(OCCNC(C)c2cccs2)cn1. The number of pyridine rings is 1. The van der Waals surface area contributed by atoms with Gasteiger partial charge in [-0.3, -0.25) is 4.98 Å². The molecule has 0 aromatic carbocycles. The molecule has 3 nitrogen and oxygen atoms in total. The molecule has 0 amide bonds. The molecule has 0 saturated heterocycles. The van der Waals surface area contributed by atoms with Crippen LogP contribution in [0.1, 0.15) is 23.5 Å². The fourth-order valence-corrected chi connectivity index (χ4v) is 2.38. The minimum absolute atomic E-state index is 0.379. The van der Waals surface area contributed by atoms with Crippen LogP contribution in [0.25, 0.3) is 0 Å². The Bertz CT molecular complexity index is 453. The lowest BCUT2D eigenvalue weighted by Crippen LogP contribution is -2.23. The first-order valence-corrected chi connectivity index (χ1v) is 6.96. The lowest BCUT2D eigenvalue weighted by molar-refractivity contribution is 0.307. The van der Waals surface area contributed by atoms with Crippen molar-refractivity contribution < 1.29 is 4.74 Å². The summed E-state index contributed by atoms with van der Waals surface area (Å²) in [6.45, 7) is 5.61. The predicted molar refractivity (Wildman–Crippen MR) is 75.2 cm³/mol. The second-order valence-corrected chi connectivity index (χ2v) is 5.15. The van der Waals surface area contributed by atoms with Crippen molar-refractivity contribution in [3.8, 4) is 5.75 Å². The molecule has 0 saturated carbocycles. The summed E-state index contributed by atoms with van der Waals surface area (Å²) >= 11 is 1.77. The van der Waals surface area contributed by atoms with Crippen LogP contribution in [0.5, 0.6) is 5.75 Å². The van der Waals surface area contributed by atoms with Gasteiger partial charge in [0.1, 0.15) is 12.4 Å². The summed E-state index contributed by atoms with van der Waals surface area (Å²) in [5, 5.41) is 5.53. The highest BCUT2D eigenvalue weighted by Gasteiger charge is 2.04. The molecule has 2 rings (SSSR count). The summed E-state index contributed by atoms with van der Waals surface area (Å²) in [6.07, 6.45) is 1.76. The molecule has 0 aliphatic rings. The van der Waals surface area contributed by atoms with Crippen molar-refractivity contribution in [2.24, 2.45) is 0 Å². The number of aromatic nitrogens is 1. The van der Waals surface area contributed by atoms with Crippen LogP contribution in [0.2, 0.25) is 0 Å². The van der Waals surface area contributed by atoms with Crippen molar-refractivity contribution in [2.75, 3.05) is 13.2 Å². The quantitative estimate of drug-likeness (QED) is 0.812. The monoisotopic (exact) mass is 262 g/mol. The van der Waals surface area contributed by atoms with Crippen molar-refractivity contribution in [1.29, 1.82) is 0 Å². The molecular formula is C14H18N2OS. The van der Waals surface area contributed by atoms with Crippen LogP contribution in [0, 0.1) is 6.92 Å². The van der Waals surface area contributed by atoms with Gasteiger partial charge < -0.3 is 10.1 Å². The Morgan fingerprint density at radius 2 is 2.28 bits per heavy atom. The third kappa shape index (κ3) is 3.82. The molecule has 1 atom stereocenters. The Kier molecular flexibility index (Phi) is 4.73. The number of thiophene rings is 1. The van der Waals surface area contributed by atoms with E-state index in [0.29, 0.717) is 12.6 Å². The minimum Gasteiger partial charge on any atom is -0.491 e. The largest absolute Gasteiger partial charge is 0.491 e. The van der Waals surface area contributed by atoms with E-state index >= 15 is 0 Å². The van der Waals surface area contributed by atoms with Crippen LogP contribution < -0.4 is 10.1 Å². The van der Waals surface area contributed by atoms with E-state index in [9.17, 15) is 0 Å². The zero-order valence-corrected chi connectivity index (χ0v) is 11.5. The first-order valence-electron chi connectivity index (χ1n) is 6.08. The molecular weight excluding hydrogens is 244 g/mol. The van der Waals surface area contributed by atoms with Crippen LogP contribution in [-0.2, 0) is 0 Å². The van der Waals surface area contributed by atoms with Crippen molar-refractivity contribution >= 4 is 11.3 Å². The smallest absolute Gasteiger partial charge is 0.137 e. The molecule has 18 heavy (non-hydrogen) atoms. The van der Waals surface area contributed by atoms with E-state index in [0.717, 1.165) is 18.0 Å². The van der Waals surface area contributed by atoms with Crippen molar-refractivity contribution in [3.05, 3.63) is 46.4 Å². The standard InChI is InChI=1S/C14H18N2OS/c1-11-5-6-13(10-16-11)17-8-7-15-12(2)14-4-3-9-18-14/h3-6,9-10,12,15H,7-8H2,1-2H3. The maximum Gasteiger partial charge on any atom is 0.137 e. The van der Waals surface area contributed by atoms with Crippen LogP contribution >= 0.6 is 11.3 Å². The maximum atomic E-state index is 5.61. The van der Waals surface area contributed by atoms with E-state index in [4.69, 9.17) is 4.74 Å². The summed E-state index contributed by atoms with van der Waals surface area (Å²) in [5.74, 6) is 0.825. The molecule has 0 radical (unpaired) electrons. The van der Waals surface area contributed by atoms with Crippen molar-refractivity contribution in [3.63, 3.8) is 0 Å². The fourth-order valence-electron chi connectivity index (χ4n) is 1.62. The molecule has 4 heteroatoms. The molecule has 0 spiro atoms. The Hall–Kier alpha value is -1.39. The van der Waals surface area contributed by atoms with Crippen molar-refractivity contribution in [1.82, 2.24) is 10.3 Å². The average Bonchev–Trinajstić information content (AvgIpc) is 2.90. The Morgan fingerprint density at radius 1 is 1.39 bits per heavy atom. The van der Waals surface area contributed by atoms with Gasteiger partial charge in [0, 0.05) is 23.2 Å². The van der Waals surface area contributed by atoms with E-state index in [1.807, 2.05) is 19.1 Å². The first-order chi connectivity index (χ1) is 8.75. The lowest BCUT2D eigenvalue weighted by Gasteiger charge is -2.12. The average molecular weight is 262 g/mol. The van der Waals surface area contributed by atoms with Crippen LogP contribution in [0.3, 0.4) is 0 Å². The fraction of sp³-hybridized carbons (Fsp3) is 0.357. The Labute approximate surface area is 112 Å². The van der Waals surface area contributed by atoms with Gasteiger partial charge in [-0.15, -0.1) is 11.3 Å². The number of ether oxygens (including phenoxy) is 1. The van der Waals surface area contributed by atoms with E-state index in [1.54, 1.807) is 17.5 Å². The van der Waals surface area contributed by atoms with Crippen LogP contribution in [0.15, 0.2) is 35.8 Å². The number of rotatable bonds is 6. The first kappa shape index (κ1) is 13.1. The summed E-state index contributed by atoms with van der Waals surface area (Å²) < 4.78 is 5.61. The van der Waals surface area contributed by atoms with E-state index in [1.165, 1.54) is 4.88 Å². The van der Waals surface area contributed by atoms with Gasteiger partial charge in [0.05, 0.1) is 6.20 Å². The lowest BCUT2D eigenvalue weighted by atomic mass is 10.3.